The van der Waals surface area contributed by atoms with E-state index in [1.165, 1.54) is 12.1 Å². The number of hydrogen-bond donors (Lipinski definition) is 1. The Bertz CT molecular complexity index is 1220. The summed E-state index contributed by atoms with van der Waals surface area (Å²) in [7, 11) is 0. The number of rotatable bonds is 6. The lowest BCUT2D eigenvalue weighted by molar-refractivity contribution is -0.275. The molecule has 3 aromatic carbocycles. The Morgan fingerprint density at radius 1 is 1.00 bits per heavy atom. The van der Waals surface area contributed by atoms with Crippen LogP contribution < -0.4 is 5.32 Å². The average Bonchev–Trinajstić information content (AvgIpc) is 3.29. The smallest absolute Gasteiger partial charge is 0.374 e. The number of hydrogen-bond acceptors (Lipinski definition) is 3. The predicted molar refractivity (Wildman–Crippen MR) is 125 cm³/mol. The van der Waals surface area contributed by atoms with Gasteiger partial charge in [0.1, 0.15) is 0 Å². The second-order valence-corrected chi connectivity index (χ2v) is 8.64. The molecule has 1 unspecified atom stereocenters. The van der Waals surface area contributed by atoms with E-state index in [9.17, 15) is 18.0 Å². The average molecular weight is 507 g/mol. The number of halogens is 5. The molecular formula is C25H19Cl2F3N2O2. The van der Waals surface area contributed by atoms with Crippen LogP contribution >= 0.6 is 23.2 Å². The number of oxime groups is 1. The van der Waals surface area contributed by atoms with E-state index < -0.39 is 18.2 Å². The molecule has 1 aliphatic rings. The SMILES string of the molecule is O=C(NCCc1ccccc1)c1ccc(C2=NOC(c3ccc(Cl)c(Cl)c3)(C(F)(F)F)C2)cc1. The van der Waals surface area contributed by atoms with E-state index in [0.717, 1.165) is 11.6 Å². The van der Waals surface area contributed by atoms with Crippen LogP contribution in [0.15, 0.2) is 78.0 Å². The topological polar surface area (TPSA) is 50.7 Å². The van der Waals surface area contributed by atoms with Gasteiger partial charge in [0, 0.05) is 24.1 Å². The van der Waals surface area contributed by atoms with Crippen LogP contribution in [0.3, 0.4) is 0 Å². The van der Waals surface area contributed by atoms with Crippen molar-refractivity contribution in [2.75, 3.05) is 6.54 Å². The van der Waals surface area contributed by atoms with Gasteiger partial charge in [-0.15, -0.1) is 0 Å². The van der Waals surface area contributed by atoms with Crippen LogP contribution in [0.25, 0.3) is 0 Å². The highest BCUT2D eigenvalue weighted by Crippen LogP contribution is 2.49. The van der Waals surface area contributed by atoms with Gasteiger partial charge in [0.25, 0.3) is 11.5 Å². The fourth-order valence-corrected chi connectivity index (χ4v) is 3.99. The van der Waals surface area contributed by atoms with Crippen LogP contribution in [0.2, 0.25) is 10.0 Å². The maximum atomic E-state index is 14.1. The van der Waals surface area contributed by atoms with Gasteiger partial charge in [-0.05, 0) is 41.8 Å². The van der Waals surface area contributed by atoms with Crippen LogP contribution in [0, 0.1) is 0 Å². The predicted octanol–water partition coefficient (Wildman–Crippen LogP) is 6.55. The summed E-state index contributed by atoms with van der Waals surface area (Å²) >= 11 is 11.8. The zero-order valence-electron chi connectivity index (χ0n) is 17.7. The van der Waals surface area contributed by atoms with E-state index in [0.29, 0.717) is 24.1 Å². The molecule has 0 aliphatic carbocycles. The molecule has 0 fully saturated rings. The van der Waals surface area contributed by atoms with Gasteiger partial charge >= 0.3 is 6.18 Å². The highest BCUT2D eigenvalue weighted by atomic mass is 35.5. The van der Waals surface area contributed by atoms with Crippen LogP contribution in [-0.2, 0) is 16.9 Å². The van der Waals surface area contributed by atoms with Crippen LogP contribution in [-0.4, -0.2) is 24.3 Å². The number of carbonyl (C=O) groups is 1. The molecule has 3 aromatic rings. The first-order valence-corrected chi connectivity index (χ1v) is 11.1. The lowest BCUT2D eigenvalue weighted by atomic mass is 9.86. The Kier molecular flexibility index (Phi) is 6.86. The van der Waals surface area contributed by atoms with Crippen molar-refractivity contribution in [1.29, 1.82) is 0 Å². The van der Waals surface area contributed by atoms with Crippen LogP contribution in [0.4, 0.5) is 13.2 Å². The standard InChI is InChI=1S/C25H19Cl2F3N2O2/c26-20-11-10-19(14-21(20)27)24(25(28,29)30)15-22(32-34-24)17-6-8-18(9-7-17)23(33)31-13-12-16-4-2-1-3-5-16/h1-11,14H,12-13,15H2,(H,31,33). The number of nitrogens with one attached hydrogen (secondary N) is 1. The summed E-state index contributed by atoms with van der Waals surface area (Å²) in [4.78, 5) is 17.4. The summed E-state index contributed by atoms with van der Waals surface area (Å²) in [5.41, 5.74) is -0.839. The summed E-state index contributed by atoms with van der Waals surface area (Å²) < 4.78 is 42.3. The fourth-order valence-electron chi connectivity index (χ4n) is 3.69. The summed E-state index contributed by atoms with van der Waals surface area (Å²) in [6.07, 6.45) is -4.61. The Morgan fingerprint density at radius 3 is 2.35 bits per heavy atom. The third-order valence-corrected chi connectivity index (χ3v) is 6.33. The number of carbonyl (C=O) groups excluding carboxylic acids is 1. The maximum absolute atomic E-state index is 14.1. The van der Waals surface area contributed by atoms with Gasteiger partial charge in [-0.3, -0.25) is 4.79 Å². The van der Waals surface area contributed by atoms with Gasteiger partial charge < -0.3 is 10.2 Å². The monoisotopic (exact) mass is 506 g/mol. The summed E-state index contributed by atoms with van der Waals surface area (Å²) in [5, 5.41) is 6.69. The van der Waals surface area contributed by atoms with E-state index in [4.69, 9.17) is 28.0 Å². The van der Waals surface area contributed by atoms with Crippen molar-refractivity contribution < 1.29 is 22.8 Å². The normalized spacial score (nSPS) is 17.7. The largest absolute Gasteiger partial charge is 0.435 e. The molecule has 0 saturated heterocycles. The molecule has 176 valence electrons. The summed E-state index contributed by atoms with van der Waals surface area (Å²) in [6, 6.07) is 19.6. The number of alkyl halides is 3. The van der Waals surface area contributed by atoms with Gasteiger partial charge in [0.15, 0.2) is 0 Å². The highest BCUT2D eigenvalue weighted by molar-refractivity contribution is 6.42. The third-order valence-electron chi connectivity index (χ3n) is 5.59. The van der Waals surface area contributed by atoms with Crippen LogP contribution in [0.5, 0.6) is 0 Å². The number of benzene rings is 3. The molecule has 1 N–H and O–H groups in total. The molecule has 0 spiro atoms. The molecule has 1 atom stereocenters. The Balaban J connectivity index is 1.45. The Morgan fingerprint density at radius 2 is 1.71 bits per heavy atom. The lowest BCUT2D eigenvalue weighted by Gasteiger charge is -2.29. The van der Waals surface area contributed by atoms with Crippen molar-refractivity contribution in [2.24, 2.45) is 5.16 Å². The van der Waals surface area contributed by atoms with Crippen molar-refractivity contribution in [3.8, 4) is 0 Å². The molecule has 4 nitrogen and oxygen atoms in total. The molecule has 0 bridgehead atoms. The zero-order valence-corrected chi connectivity index (χ0v) is 19.2. The number of nitrogens with zero attached hydrogens (tertiary/aromatic N) is 1. The zero-order chi connectivity index (χ0) is 24.3. The lowest BCUT2D eigenvalue weighted by Crippen LogP contribution is -2.42. The molecule has 9 heteroatoms. The van der Waals surface area contributed by atoms with Crippen molar-refractivity contribution in [3.63, 3.8) is 0 Å². The molecule has 0 radical (unpaired) electrons. The molecule has 1 heterocycles. The highest BCUT2D eigenvalue weighted by Gasteiger charge is 2.62. The van der Waals surface area contributed by atoms with E-state index in [2.05, 4.69) is 10.5 Å². The molecule has 1 aliphatic heterocycles. The molecule has 0 aromatic heterocycles. The Hall–Kier alpha value is -3.03. The summed E-state index contributed by atoms with van der Waals surface area (Å²) in [6.45, 7) is 0.461. The fraction of sp³-hybridized carbons (Fsp3) is 0.200. The molecular weight excluding hydrogens is 488 g/mol. The maximum Gasteiger partial charge on any atom is 0.435 e. The van der Waals surface area contributed by atoms with Crippen LogP contribution in [0.1, 0.15) is 33.5 Å². The first kappa shape index (κ1) is 24.1. The van der Waals surface area contributed by atoms with Gasteiger partial charge in [0.05, 0.1) is 15.8 Å². The van der Waals surface area contributed by atoms with Crippen molar-refractivity contribution in [1.82, 2.24) is 5.32 Å². The van der Waals surface area contributed by atoms with Gasteiger partial charge in [-0.1, -0.05) is 76.9 Å². The van der Waals surface area contributed by atoms with Gasteiger partial charge in [-0.2, -0.15) is 13.2 Å². The first-order valence-electron chi connectivity index (χ1n) is 10.4. The number of amides is 1. The first-order chi connectivity index (χ1) is 16.2. The van der Waals surface area contributed by atoms with Crippen molar-refractivity contribution >= 4 is 34.8 Å². The van der Waals surface area contributed by atoms with E-state index in [-0.39, 0.29) is 27.2 Å². The second kappa shape index (κ2) is 9.68. The van der Waals surface area contributed by atoms with E-state index in [1.54, 1.807) is 24.3 Å². The minimum absolute atomic E-state index is 0.0116. The molecule has 1 amide bonds. The molecule has 4 rings (SSSR count). The van der Waals surface area contributed by atoms with Crippen molar-refractivity contribution in [3.05, 3.63) is 105 Å². The summed E-state index contributed by atoms with van der Waals surface area (Å²) in [5.74, 6) is -0.271. The minimum Gasteiger partial charge on any atom is -0.374 e. The Labute approximate surface area is 204 Å². The van der Waals surface area contributed by atoms with Crippen molar-refractivity contribution in [2.45, 2.75) is 24.6 Å². The molecule has 34 heavy (non-hydrogen) atoms. The minimum atomic E-state index is -4.76. The van der Waals surface area contributed by atoms with E-state index in [1.807, 2.05) is 30.3 Å². The van der Waals surface area contributed by atoms with Gasteiger partial charge in [0.2, 0.25) is 0 Å². The second-order valence-electron chi connectivity index (χ2n) is 7.83. The molecule has 0 saturated carbocycles. The quantitative estimate of drug-likeness (QED) is 0.412. The van der Waals surface area contributed by atoms with E-state index >= 15 is 0 Å². The van der Waals surface area contributed by atoms with Gasteiger partial charge in [-0.25, -0.2) is 0 Å². The third kappa shape index (κ3) is 4.91.